The van der Waals surface area contributed by atoms with Crippen molar-refractivity contribution in [2.75, 3.05) is 26.0 Å². The third kappa shape index (κ3) is 3.94. The third-order valence-corrected chi connectivity index (χ3v) is 5.14. The Morgan fingerprint density at radius 3 is 2.63 bits per heavy atom. The summed E-state index contributed by atoms with van der Waals surface area (Å²) in [6.45, 7) is 7.99. The summed E-state index contributed by atoms with van der Waals surface area (Å²) in [6, 6.07) is 19.7. The van der Waals surface area contributed by atoms with Crippen LogP contribution in [0.2, 0.25) is 0 Å². The van der Waals surface area contributed by atoms with Gasteiger partial charge in [-0.1, -0.05) is 30.3 Å². The zero-order valence-corrected chi connectivity index (χ0v) is 17.0. The van der Waals surface area contributed by atoms with Crippen molar-refractivity contribution in [1.82, 2.24) is 9.88 Å². The number of fused-ring (bicyclic) bond motifs is 2. The molecule has 1 N–H and O–H groups in total. The number of rotatable bonds is 5. The fourth-order valence-corrected chi connectivity index (χ4v) is 3.54. The van der Waals surface area contributed by atoms with Crippen molar-refractivity contribution < 1.29 is 4.79 Å². The fourth-order valence-electron chi connectivity index (χ4n) is 3.54. The molecule has 148 valence electrons. The number of amides is 1. The first-order valence-corrected chi connectivity index (χ1v) is 9.79. The summed E-state index contributed by atoms with van der Waals surface area (Å²) < 4.78 is 0. The van der Waals surface area contributed by atoms with Gasteiger partial charge in [-0.15, -0.1) is 0 Å². The lowest BCUT2D eigenvalue weighted by Crippen LogP contribution is -2.21. The highest BCUT2D eigenvalue weighted by Gasteiger charge is 2.09. The van der Waals surface area contributed by atoms with E-state index in [1.807, 2.05) is 36.4 Å². The van der Waals surface area contributed by atoms with Crippen LogP contribution >= 0.6 is 0 Å². The fraction of sp³-hybridized carbons (Fsp3) is 0.160. The van der Waals surface area contributed by atoms with E-state index in [0.717, 1.165) is 40.3 Å². The maximum Gasteiger partial charge on any atom is 0.253 e. The Bertz CT molecular complexity index is 1290. The van der Waals surface area contributed by atoms with Crippen molar-refractivity contribution in [2.24, 2.45) is 0 Å². The average Bonchev–Trinajstić information content (AvgIpc) is 2.78. The minimum atomic E-state index is 0.0103. The highest BCUT2D eigenvalue weighted by molar-refractivity contribution is 5.98. The van der Waals surface area contributed by atoms with Gasteiger partial charge in [0.15, 0.2) is 5.69 Å². The number of carbonyl (C=O) groups excluding carboxylic acids is 1. The van der Waals surface area contributed by atoms with E-state index >= 15 is 0 Å². The summed E-state index contributed by atoms with van der Waals surface area (Å²) in [5, 5.41) is 6.62. The second-order valence-corrected chi connectivity index (χ2v) is 7.44. The van der Waals surface area contributed by atoms with Gasteiger partial charge in [0, 0.05) is 43.5 Å². The molecular formula is C25H22N4O. The number of benzene rings is 3. The largest absolute Gasteiger partial charge is 0.384 e. The predicted molar refractivity (Wildman–Crippen MR) is 122 cm³/mol. The Hall–Kier alpha value is -3.91. The molecular weight excluding hydrogens is 372 g/mol. The Morgan fingerprint density at radius 1 is 1.03 bits per heavy atom. The van der Waals surface area contributed by atoms with Gasteiger partial charge in [0.25, 0.3) is 5.91 Å². The molecule has 5 heteroatoms. The molecule has 0 fully saturated rings. The summed E-state index contributed by atoms with van der Waals surface area (Å²) in [4.78, 5) is 21.6. The molecule has 0 saturated heterocycles. The van der Waals surface area contributed by atoms with Gasteiger partial charge in [0.2, 0.25) is 0 Å². The van der Waals surface area contributed by atoms with Gasteiger partial charge in [0.05, 0.1) is 12.1 Å². The summed E-state index contributed by atoms with van der Waals surface area (Å²) in [7, 11) is 3.52. The van der Waals surface area contributed by atoms with Crippen LogP contribution in [0.4, 0.5) is 11.4 Å². The lowest BCUT2D eigenvalue weighted by molar-refractivity contribution is 0.0828. The van der Waals surface area contributed by atoms with E-state index in [9.17, 15) is 4.79 Å². The van der Waals surface area contributed by atoms with E-state index in [4.69, 9.17) is 6.57 Å². The Labute approximate surface area is 175 Å². The molecule has 0 unspecified atom stereocenters. The number of anilines is 1. The third-order valence-electron chi connectivity index (χ3n) is 5.14. The van der Waals surface area contributed by atoms with Crippen molar-refractivity contribution in [3.63, 3.8) is 0 Å². The van der Waals surface area contributed by atoms with Crippen LogP contribution in [-0.2, 0) is 6.42 Å². The van der Waals surface area contributed by atoms with Crippen molar-refractivity contribution in [3.8, 4) is 0 Å². The highest BCUT2D eigenvalue weighted by atomic mass is 16.2. The van der Waals surface area contributed by atoms with Gasteiger partial charge < -0.3 is 10.2 Å². The van der Waals surface area contributed by atoms with E-state index < -0.39 is 0 Å². The van der Waals surface area contributed by atoms with Crippen LogP contribution in [0, 0.1) is 6.57 Å². The number of aromatic nitrogens is 1. The molecule has 1 amide bonds. The molecule has 1 aromatic heterocycles. The Balaban J connectivity index is 1.49. The second-order valence-electron chi connectivity index (χ2n) is 7.44. The van der Waals surface area contributed by atoms with Gasteiger partial charge in [-0.2, -0.15) is 0 Å². The van der Waals surface area contributed by atoms with Gasteiger partial charge in [-0.05, 0) is 53.1 Å². The molecule has 4 rings (SSSR count). The van der Waals surface area contributed by atoms with Crippen LogP contribution in [-0.4, -0.2) is 36.4 Å². The smallest absolute Gasteiger partial charge is 0.253 e. The van der Waals surface area contributed by atoms with Crippen LogP contribution in [0.15, 0.2) is 66.9 Å². The topological polar surface area (TPSA) is 49.6 Å². The molecule has 0 aliphatic carbocycles. The lowest BCUT2D eigenvalue weighted by atomic mass is 10.0. The summed E-state index contributed by atoms with van der Waals surface area (Å²) in [5.74, 6) is 0.0103. The molecule has 0 aliphatic rings. The minimum Gasteiger partial charge on any atom is -0.384 e. The second kappa shape index (κ2) is 8.22. The van der Waals surface area contributed by atoms with Gasteiger partial charge in [-0.3, -0.25) is 9.78 Å². The summed E-state index contributed by atoms with van der Waals surface area (Å²) in [5.41, 5.74) is 4.40. The van der Waals surface area contributed by atoms with Gasteiger partial charge in [0.1, 0.15) is 0 Å². The number of carbonyl (C=O) groups is 1. The lowest BCUT2D eigenvalue weighted by Gasteiger charge is -2.12. The molecule has 0 bridgehead atoms. The molecule has 0 spiro atoms. The van der Waals surface area contributed by atoms with Crippen molar-refractivity contribution in [2.45, 2.75) is 6.42 Å². The number of hydrogen-bond acceptors (Lipinski definition) is 3. The zero-order valence-electron chi connectivity index (χ0n) is 17.0. The number of nitrogens with zero attached hydrogens (tertiary/aromatic N) is 3. The summed E-state index contributed by atoms with van der Waals surface area (Å²) >= 11 is 0. The molecule has 30 heavy (non-hydrogen) atoms. The zero-order chi connectivity index (χ0) is 21.1. The molecule has 0 saturated carbocycles. The number of hydrogen-bond donors (Lipinski definition) is 1. The Kier molecular flexibility index (Phi) is 5.32. The monoisotopic (exact) mass is 394 g/mol. The molecule has 0 atom stereocenters. The van der Waals surface area contributed by atoms with Crippen molar-refractivity contribution in [3.05, 3.63) is 89.4 Å². The normalized spacial score (nSPS) is 10.7. The van der Waals surface area contributed by atoms with E-state index in [1.165, 1.54) is 5.56 Å². The maximum absolute atomic E-state index is 12.2. The highest BCUT2D eigenvalue weighted by Crippen LogP contribution is 2.26. The van der Waals surface area contributed by atoms with E-state index in [1.54, 1.807) is 31.3 Å². The molecule has 0 radical (unpaired) electrons. The van der Waals surface area contributed by atoms with Crippen molar-refractivity contribution in [1.29, 1.82) is 0 Å². The Morgan fingerprint density at radius 2 is 1.83 bits per heavy atom. The summed E-state index contributed by atoms with van der Waals surface area (Å²) in [6.07, 6.45) is 2.64. The molecule has 4 aromatic rings. The molecule has 5 nitrogen and oxygen atoms in total. The van der Waals surface area contributed by atoms with Crippen LogP contribution in [0.1, 0.15) is 15.9 Å². The SMILES string of the molecule is [C-]#[N+]c1ccc2nccc(NCCc3ccc4cc(C(=O)N(C)C)ccc4c3)c2c1. The van der Waals surface area contributed by atoms with E-state index in [2.05, 4.69) is 33.3 Å². The first-order valence-electron chi connectivity index (χ1n) is 9.79. The van der Waals surface area contributed by atoms with E-state index in [-0.39, 0.29) is 5.91 Å². The predicted octanol–water partition coefficient (Wildman–Crippen LogP) is 5.30. The van der Waals surface area contributed by atoms with Crippen molar-refractivity contribution >= 4 is 39.0 Å². The molecule has 0 aliphatic heterocycles. The van der Waals surface area contributed by atoms with Crippen LogP contribution in [0.5, 0.6) is 0 Å². The minimum absolute atomic E-state index is 0.0103. The van der Waals surface area contributed by atoms with Gasteiger partial charge in [-0.25, -0.2) is 4.85 Å². The first kappa shape index (κ1) is 19.4. The quantitative estimate of drug-likeness (QED) is 0.468. The standard InChI is InChI=1S/C25H22N4O/c1-26-21-8-9-23-22(16-21)24(11-13-28-23)27-12-10-17-4-5-19-15-20(25(30)29(2)3)7-6-18(19)14-17/h4-9,11,13-16H,10,12H2,2-3H3,(H,27,28). The molecule has 1 heterocycles. The number of pyridine rings is 1. The maximum atomic E-state index is 12.2. The van der Waals surface area contributed by atoms with Crippen LogP contribution in [0.3, 0.4) is 0 Å². The first-order chi connectivity index (χ1) is 14.5. The molecule has 3 aromatic carbocycles. The van der Waals surface area contributed by atoms with Crippen LogP contribution < -0.4 is 5.32 Å². The average molecular weight is 394 g/mol. The van der Waals surface area contributed by atoms with Crippen LogP contribution in [0.25, 0.3) is 26.5 Å². The van der Waals surface area contributed by atoms with E-state index in [0.29, 0.717) is 11.3 Å². The number of nitrogens with one attached hydrogen (secondary N) is 1. The van der Waals surface area contributed by atoms with Gasteiger partial charge >= 0.3 is 0 Å².